The van der Waals surface area contributed by atoms with Gasteiger partial charge in [0.05, 0.1) is 13.3 Å². The zero-order valence-electron chi connectivity index (χ0n) is 11.3. The van der Waals surface area contributed by atoms with Crippen molar-refractivity contribution in [3.63, 3.8) is 0 Å². The summed E-state index contributed by atoms with van der Waals surface area (Å²) in [6.45, 7) is 0.631. The molecule has 1 saturated carbocycles. The fraction of sp³-hybridized carbons (Fsp3) is 0.357. The molecule has 0 atom stereocenters. The number of hydrogen-bond donors (Lipinski definition) is 2. The predicted molar refractivity (Wildman–Crippen MR) is 76.8 cm³/mol. The molecule has 6 heteroatoms. The van der Waals surface area contributed by atoms with Gasteiger partial charge in [0.1, 0.15) is 5.75 Å². The molecule has 0 aliphatic heterocycles. The van der Waals surface area contributed by atoms with E-state index in [4.69, 9.17) is 4.74 Å². The van der Waals surface area contributed by atoms with Gasteiger partial charge in [0.15, 0.2) is 5.82 Å². The number of ether oxygens (including phenoxy) is 1. The van der Waals surface area contributed by atoms with Crippen LogP contribution < -0.4 is 15.4 Å². The first kappa shape index (κ1) is 12.7. The van der Waals surface area contributed by atoms with E-state index in [2.05, 4.69) is 25.8 Å². The summed E-state index contributed by atoms with van der Waals surface area (Å²) in [5, 5.41) is 14.4. The second kappa shape index (κ2) is 5.73. The maximum absolute atomic E-state index is 5.32. The molecular weight excluding hydrogens is 254 g/mol. The van der Waals surface area contributed by atoms with E-state index in [0.717, 1.165) is 11.3 Å². The van der Waals surface area contributed by atoms with Crippen LogP contribution in [0, 0.1) is 0 Å². The van der Waals surface area contributed by atoms with Gasteiger partial charge in [-0.25, -0.2) is 0 Å². The first-order chi connectivity index (χ1) is 9.85. The molecule has 2 aromatic rings. The molecule has 1 heterocycles. The second-order valence-electron chi connectivity index (χ2n) is 4.75. The molecule has 1 aromatic heterocycles. The lowest BCUT2D eigenvalue weighted by Crippen LogP contribution is -2.09. The van der Waals surface area contributed by atoms with Crippen molar-refractivity contribution in [2.75, 3.05) is 17.7 Å². The fourth-order valence-corrected chi connectivity index (χ4v) is 1.89. The van der Waals surface area contributed by atoms with Crippen LogP contribution >= 0.6 is 0 Å². The fourth-order valence-electron chi connectivity index (χ4n) is 1.89. The Morgan fingerprint density at radius 1 is 1.30 bits per heavy atom. The van der Waals surface area contributed by atoms with Gasteiger partial charge in [-0.15, -0.1) is 5.10 Å². The molecule has 20 heavy (non-hydrogen) atoms. The van der Waals surface area contributed by atoms with Crippen LogP contribution in [0.3, 0.4) is 0 Å². The molecule has 3 rings (SSSR count). The highest BCUT2D eigenvalue weighted by Gasteiger charge is 2.22. The van der Waals surface area contributed by atoms with Crippen molar-refractivity contribution in [1.82, 2.24) is 15.2 Å². The Balaban J connectivity index is 1.65. The normalized spacial score (nSPS) is 13.8. The number of methoxy groups -OCH3 is 1. The summed E-state index contributed by atoms with van der Waals surface area (Å²) in [4.78, 5) is 4.39. The molecule has 0 amide bonds. The Kier molecular flexibility index (Phi) is 3.62. The maximum atomic E-state index is 5.32. The van der Waals surface area contributed by atoms with Crippen molar-refractivity contribution in [3.8, 4) is 5.75 Å². The van der Waals surface area contributed by atoms with Gasteiger partial charge in [0.25, 0.3) is 0 Å². The van der Waals surface area contributed by atoms with Crippen molar-refractivity contribution in [1.29, 1.82) is 0 Å². The third-order valence-electron chi connectivity index (χ3n) is 3.12. The van der Waals surface area contributed by atoms with Gasteiger partial charge in [-0.3, -0.25) is 0 Å². The zero-order valence-corrected chi connectivity index (χ0v) is 11.3. The Morgan fingerprint density at radius 3 is 2.95 bits per heavy atom. The zero-order chi connectivity index (χ0) is 13.8. The van der Waals surface area contributed by atoms with Crippen molar-refractivity contribution in [3.05, 3.63) is 36.0 Å². The van der Waals surface area contributed by atoms with E-state index in [1.807, 2.05) is 24.3 Å². The van der Waals surface area contributed by atoms with Gasteiger partial charge in [0, 0.05) is 18.2 Å². The molecule has 0 saturated heterocycles. The number of anilines is 2. The van der Waals surface area contributed by atoms with Crippen molar-refractivity contribution < 1.29 is 4.74 Å². The van der Waals surface area contributed by atoms with Gasteiger partial charge in [0.2, 0.25) is 5.95 Å². The molecule has 0 unspecified atom stereocenters. The van der Waals surface area contributed by atoms with Crippen LogP contribution in [-0.4, -0.2) is 28.3 Å². The van der Waals surface area contributed by atoms with E-state index in [-0.39, 0.29) is 0 Å². The van der Waals surface area contributed by atoms with Crippen LogP contribution in [0.4, 0.5) is 11.8 Å². The van der Waals surface area contributed by atoms with E-state index >= 15 is 0 Å². The quantitative estimate of drug-likeness (QED) is 0.838. The minimum atomic E-state index is 0.515. The van der Waals surface area contributed by atoms with Gasteiger partial charge in [-0.1, -0.05) is 18.2 Å². The van der Waals surface area contributed by atoms with Crippen molar-refractivity contribution >= 4 is 11.8 Å². The van der Waals surface area contributed by atoms with Gasteiger partial charge in [-0.2, -0.15) is 10.1 Å². The number of hydrogen-bond acceptors (Lipinski definition) is 6. The van der Waals surface area contributed by atoms with Crippen molar-refractivity contribution in [2.45, 2.75) is 25.4 Å². The molecule has 0 radical (unpaired) electrons. The lowest BCUT2D eigenvalue weighted by atomic mass is 10.2. The summed E-state index contributed by atoms with van der Waals surface area (Å²) in [5.74, 6) is 2.14. The highest BCUT2D eigenvalue weighted by molar-refractivity contribution is 5.41. The van der Waals surface area contributed by atoms with Gasteiger partial charge >= 0.3 is 0 Å². The molecule has 1 aliphatic carbocycles. The molecule has 0 bridgehead atoms. The van der Waals surface area contributed by atoms with E-state index in [1.165, 1.54) is 12.8 Å². The lowest BCUT2D eigenvalue weighted by molar-refractivity contribution is 0.410. The lowest BCUT2D eigenvalue weighted by Gasteiger charge is -2.10. The molecule has 6 nitrogen and oxygen atoms in total. The molecule has 104 valence electrons. The summed E-state index contributed by atoms with van der Waals surface area (Å²) >= 11 is 0. The number of rotatable bonds is 6. The average molecular weight is 271 g/mol. The van der Waals surface area contributed by atoms with Crippen LogP contribution in [0.1, 0.15) is 18.4 Å². The van der Waals surface area contributed by atoms with E-state index < -0.39 is 0 Å². The van der Waals surface area contributed by atoms with Gasteiger partial charge < -0.3 is 15.4 Å². The highest BCUT2D eigenvalue weighted by Crippen LogP contribution is 2.23. The van der Waals surface area contributed by atoms with Crippen LogP contribution in [0.5, 0.6) is 5.75 Å². The number of benzene rings is 1. The maximum Gasteiger partial charge on any atom is 0.244 e. The molecular formula is C14H17N5O. The number of nitrogens with zero attached hydrogens (tertiary/aromatic N) is 3. The standard InChI is InChI=1S/C14H17N5O/c1-20-12-5-3-2-4-10(12)8-15-13-9-16-19-14(18-13)17-11-6-7-11/h2-5,9,11H,6-8H2,1H3,(H2,15,17,18,19). The van der Waals surface area contributed by atoms with Crippen LogP contribution in [0.15, 0.2) is 30.5 Å². The van der Waals surface area contributed by atoms with Crippen LogP contribution in [0.25, 0.3) is 0 Å². The van der Waals surface area contributed by atoms with Crippen LogP contribution in [-0.2, 0) is 6.54 Å². The smallest absolute Gasteiger partial charge is 0.244 e. The number of nitrogens with one attached hydrogen (secondary N) is 2. The van der Waals surface area contributed by atoms with E-state index in [1.54, 1.807) is 13.3 Å². The minimum absolute atomic E-state index is 0.515. The third kappa shape index (κ3) is 3.14. The third-order valence-corrected chi connectivity index (χ3v) is 3.12. The Bertz CT molecular complexity index is 585. The summed E-state index contributed by atoms with van der Waals surface area (Å²) in [6, 6.07) is 8.41. The summed E-state index contributed by atoms with van der Waals surface area (Å²) < 4.78 is 5.32. The Labute approximate surface area is 117 Å². The molecule has 1 aliphatic rings. The summed E-state index contributed by atoms with van der Waals surface area (Å²) in [7, 11) is 1.67. The average Bonchev–Trinajstić information content (AvgIpc) is 3.30. The molecule has 1 aromatic carbocycles. The first-order valence-corrected chi connectivity index (χ1v) is 6.67. The predicted octanol–water partition coefficient (Wildman–Crippen LogP) is 2.07. The molecule has 2 N–H and O–H groups in total. The van der Waals surface area contributed by atoms with Crippen LogP contribution in [0.2, 0.25) is 0 Å². The molecule has 0 spiro atoms. The van der Waals surface area contributed by atoms with Gasteiger partial charge in [-0.05, 0) is 18.9 Å². The summed E-state index contributed by atoms with van der Waals surface area (Å²) in [5.41, 5.74) is 1.07. The Morgan fingerprint density at radius 2 is 2.15 bits per heavy atom. The second-order valence-corrected chi connectivity index (χ2v) is 4.75. The first-order valence-electron chi connectivity index (χ1n) is 6.67. The number of para-hydroxylation sites is 1. The van der Waals surface area contributed by atoms with Crippen molar-refractivity contribution in [2.24, 2.45) is 0 Å². The SMILES string of the molecule is COc1ccccc1CNc1cnnc(NC2CC2)n1. The Hall–Kier alpha value is -2.37. The minimum Gasteiger partial charge on any atom is -0.496 e. The highest BCUT2D eigenvalue weighted by atomic mass is 16.5. The number of aromatic nitrogens is 3. The monoisotopic (exact) mass is 271 g/mol. The topological polar surface area (TPSA) is 72.0 Å². The molecule has 1 fully saturated rings. The summed E-state index contributed by atoms with van der Waals surface area (Å²) in [6.07, 6.45) is 3.98. The van der Waals surface area contributed by atoms with E-state index in [0.29, 0.717) is 24.4 Å². The largest absolute Gasteiger partial charge is 0.496 e. The van der Waals surface area contributed by atoms with E-state index in [9.17, 15) is 0 Å².